The minimum atomic E-state index is -0.195. The molecule has 1 aliphatic heterocycles. The normalized spacial score (nSPS) is 17.0. The van der Waals surface area contributed by atoms with Crippen molar-refractivity contribution < 1.29 is 9.53 Å². The number of aryl methyl sites for hydroxylation is 2. The lowest BCUT2D eigenvalue weighted by molar-refractivity contribution is 0.0337. The molecule has 2 aromatic carbocycles. The Morgan fingerprint density at radius 3 is 2.89 bits per heavy atom. The van der Waals surface area contributed by atoms with Crippen LogP contribution in [-0.4, -0.2) is 52.4 Å². The van der Waals surface area contributed by atoms with Gasteiger partial charge in [-0.05, 0) is 55.7 Å². The van der Waals surface area contributed by atoms with E-state index in [1.165, 1.54) is 5.56 Å². The molecular formula is C28H28BrN5O2S. The number of benzene rings is 2. The Labute approximate surface area is 228 Å². The maximum atomic E-state index is 13.3. The summed E-state index contributed by atoms with van der Waals surface area (Å²) < 4.78 is 8.63. The van der Waals surface area contributed by atoms with Crippen molar-refractivity contribution in [2.24, 2.45) is 5.10 Å². The number of carbonyl (C=O) groups is 1. The van der Waals surface area contributed by atoms with E-state index in [-0.39, 0.29) is 5.91 Å². The topological polar surface area (TPSA) is 71.8 Å². The van der Waals surface area contributed by atoms with E-state index < -0.39 is 0 Å². The number of thiazole rings is 1. The Morgan fingerprint density at radius 2 is 2.05 bits per heavy atom. The van der Waals surface area contributed by atoms with Crippen LogP contribution in [0.1, 0.15) is 40.5 Å². The summed E-state index contributed by atoms with van der Waals surface area (Å²) in [6, 6.07) is 12.5. The molecule has 0 bridgehead atoms. The molecule has 3 heterocycles. The largest absolute Gasteiger partial charge is 0.379 e. The molecule has 0 radical (unpaired) electrons. The molecule has 2 aliphatic rings. The number of hydrazone groups is 1. The molecule has 9 heteroatoms. The van der Waals surface area contributed by atoms with E-state index in [1.54, 1.807) is 11.3 Å². The van der Waals surface area contributed by atoms with Crippen molar-refractivity contribution in [3.8, 4) is 10.6 Å². The highest BCUT2D eigenvalue weighted by Gasteiger charge is 2.20. The molecule has 2 aromatic heterocycles. The van der Waals surface area contributed by atoms with Gasteiger partial charge in [0, 0.05) is 64.3 Å². The van der Waals surface area contributed by atoms with E-state index in [0.717, 1.165) is 95.2 Å². The average Bonchev–Trinajstić information content (AvgIpc) is 3.64. The zero-order valence-electron chi connectivity index (χ0n) is 20.7. The highest BCUT2D eigenvalue weighted by molar-refractivity contribution is 9.10. The summed E-state index contributed by atoms with van der Waals surface area (Å²) in [6.45, 7) is 7.14. The lowest BCUT2D eigenvalue weighted by Crippen LogP contribution is -2.35. The third-order valence-corrected chi connectivity index (χ3v) is 8.49. The molecule has 0 spiro atoms. The van der Waals surface area contributed by atoms with E-state index in [0.29, 0.717) is 5.56 Å². The van der Waals surface area contributed by atoms with Crippen molar-refractivity contribution in [3.05, 3.63) is 74.8 Å². The molecule has 0 atom stereocenters. The number of nitrogens with one attached hydrogen (secondary N) is 1. The first-order valence-corrected chi connectivity index (χ1v) is 14.3. The van der Waals surface area contributed by atoms with Gasteiger partial charge in [-0.1, -0.05) is 22.0 Å². The summed E-state index contributed by atoms with van der Waals surface area (Å²) in [6.07, 6.45) is 3.68. The summed E-state index contributed by atoms with van der Waals surface area (Å²) >= 11 is 5.18. The number of nitrogens with zero attached hydrogens (tertiary/aromatic N) is 4. The average molecular weight is 579 g/mol. The van der Waals surface area contributed by atoms with E-state index >= 15 is 0 Å². The molecule has 190 valence electrons. The van der Waals surface area contributed by atoms with Gasteiger partial charge in [0.2, 0.25) is 0 Å². The fraction of sp³-hybridized carbons (Fsp3) is 0.321. The van der Waals surface area contributed by atoms with Crippen LogP contribution in [0.2, 0.25) is 0 Å². The molecule has 1 N–H and O–H groups in total. The van der Waals surface area contributed by atoms with Crippen molar-refractivity contribution in [2.45, 2.75) is 32.9 Å². The van der Waals surface area contributed by atoms with Crippen LogP contribution in [0.25, 0.3) is 21.5 Å². The van der Waals surface area contributed by atoms with Crippen LogP contribution >= 0.6 is 27.3 Å². The van der Waals surface area contributed by atoms with Crippen molar-refractivity contribution in [1.82, 2.24) is 19.9 Å². The molecule has 1 amide bonds. The molecular weight excluding hydrogens is 550 g/mol. The van der Waals surface area contributed by atoms with E-state index in [4.69, 9.17) is 9.72 Å². The van der Waals surface area contributed by atoms with Crippen LogP contribution in [0.3, 0.4) is 0 Å². The summed E-state index contributed by atoms with van der Waals surface area (Å²) in [7, 11) is 0. The van der Waals surface area contributed by atoms with E-state index in [1.807, 2.05) is 12.3 Å². The second kappa shape index (κ2) is 10.5. The number of carbonyl (C=O) groups excluding carboxylic acids is 1. The third-order valence-electron chi connectivity index (χ3n) is 7.06. The van der Waals surface area contributed by atoms with Gasteiger partial charge in [-0.25, -0.2) is 10.4 Å². The van der Waals surface area contributed by atoms with Gasteiger partial charge in [0.05, 0.1) is 30.2 Å². The van der Waals surface area contributed by atoms with Crippen LogP contribution < -0.4 is 5.43 Å². The van der Waals surface area contributed by atoms with Crippen molar-refractivity contribution in [2.75, 3.05) is 26.3 Å². The highest BCUT2D eigenvalue weighted by atomic mass is 79.9. The number of aromatic nitrogens is 2. The number of rotatable bonds is 6. The second-order valence-corrected chi connectivity index (χ2v) is 11.2. The number of halogens is 1. The SMILES string of the molecule is CCn1cc(C(=O)N/N=C2\CCc3cc(Br)ccc32)c2cc(-c3nc(CN4CCOCC4)cs3)ccc21. The zero-order valence-corrected chi connectivity index (χ0v) is 23.1. The number of hydrogen-bond donors (Lipinski definition) is 1. The van der Waals surface area contributed by atoms with Crippen molar-refractivity contribution in [1.29, 1.82) is 0 Å². The molecule has 7 nitrogen and oxygen atoms in total. The predicted octanol–water partition coefficient (Wildman–Crippen LogP) is 5.46. The second-order valence-electron chi connectivity index (χ2n) is 9.39. The number of hydrogen-bond acceptors (Lipinski definition) is 6. The highest BCUT2D eigenvalue weighted by Crippen LogP contribution is 2.31. The molecule has 37 heavy (non-hydrogen) atoms. The molecule has 4 aromatic rings. The number of fused-ring (bicyclic) bond motifs is 2. The Hall–Kier alpha value is -2.85. The summed E-state index contributed by atoms with van der Waals surface area (Å²) in [5.74, 6) is -0.195. The maximum absolute atomic E-state index is 13.3. The molecule has 0 unspecified atom stereocenters. The van der Waals surface area contributed by atoms with Gasteiger partial charge in [0.1, 0.15) is 5.01 Å². The monoisotopic (exact) mass is 577 g/mol. The fourth-order valence-electron chi connectivity index (χ4n) is 5.11. The van der Waals surface area contributed by atoms with Gasteiger partial charge >= 0.3 is 0 Å². The fourth-order valence-corrected chi connectivity index (χ4v) is 6.32. The lowest BCUT2D eigenvalue weighted by atomic mass is 10.1. The predicted molar refractivity (Wildman–Crippen MR) is 151 cm³/mol. The Balaban J connectivity index is 1.26. The molecule has 1 saturated heterocycles. The molecule has 1 fully saturated rings. The standard InChI is InChI=1S/C28H28BrN5O2S/c1-2-34-16-24(27(35)32-31-25-7-3-18-13-20(29)5-6-22(18)25)23-14-19(4-8-26(23)34)28-30-21(17-37-28)15-33-9-11-36-12-10-33/h4-6,8,13-14,16-17H,2-3,7,9-12,15H2,1H3,(H,32,35)/b31-25+. The minimum absolute atomic E-state index is 0.195. The minimum Gasteiger partial charge on any atom is -0.379 e. The van der Waals surface area contributed by atoms with Gasteiger partial charge < -0.3 is 9.30 Å². The van der Waals surface area contributed by atoms with Gasteiger partial charge in [-0.3, -0.25) is 9.69 Å². The first-order valence-electron chi connectivity index (χ1n) is 12.6. The van der Waals surface area contributed by atoms with Gasteiger partial charge in [0.25, 0.3) is 5.91 Å². The number of amides is 1. The number of morpholine rings is 1. The smallest absolute Gasteiger partial charge is 0.273 e. The zero-order chi connectivity index (χ0) is 25.4. The number of ether oxygens (including phenoxy) is 1. The van der Waals surface area contributed by atoms with Crippen LogP contribution in [0, 0.1) is 0 Å². The van der Waals surface area contributed by atoms with Gasteiger partial charge in [0.15, 0.2) is 0 Å². The lowest BCUT2D eigenvalue weighted by Gasteiger charge is -2.25. The molecule has 6 rings (SSSR count). The van der Waals surface area contributed by atoms with E-state index in [9.17, 15) is 4.79 Å². The first kappa shape index (κ1) is 24.5. The summed E-state index contributed by atoms with van der Waals surface area (Å²) in [5, 5.41) is 8.54. The van der Waals surface area contributed by atoms with Crippen molar-refractivity contribution >= 4 is 49.8 Å². The quantitative estimate of drug-likeness (QED) is 0.309. The Kier molecular flexibility index (Phi) is 6.94. The van der Waals surface area contributed by atoms with E-state index in [2.05, 4.69) is 78.6 Å². The van der Waals surface area contributed by atoms with Crippen LogP contribution in [0.5, 0.6) is 0 Å². The molecule has 1 aliphatic carbocycles. The summed E-state index contributed by atoms with van der Waals surface area (Å²) in [5.41, 5.74) is 9.88. The van der Waals surface area contributed by atoms with Crippen LogP contribution in [-0.2, 0) is 24.2 Å². The van der Waals surface area contributed by atoms with Crippen LogP contribution in [0.4, 0.5) is 0 Å². The van der Waals surface area contributed by atoms with Gasteiger partial charge in [-0.2, -0.15) is 5.10 Å². The first-order chi connectivity index (χ1) is 18.1. The Bertz CT molecular complexity index is 1500. The Morgan fingerprint density at radius 1 is 1.19 bits per heavy atom. The van der Waals surface area contributed by atoms with Crippen molar-refractivity contribution in [3.63, 3.8) is 0 Å². The maximum Gasteiger partial charge on any atom is 0.273 e. The molecule has 0 saturated carbocycles. The summed E-state index contributed by atoms with van der Waals surface area (Å²) in [4.78, 5) is 20.6. The van der Waals surface area contributed by atoms with Gasteiger partial charge in [-0.15, -0.1) is 11.3 Å². The van der Waals surface area contributed by atoms with Crippen LogP contribution in [0.15, 0.2) is 57.5 Å². The third kappa shape index (κ3) is 5.01.